The van der Waals surface area contributed by atoms with E-state index in [1.165, 1.54) is 6.07 Å². The number of carbonyl (C=O) groups is 1. The molecule has 0 spiro atoms. The molecule has 7 nitrogen and oxygen atoms in total. The normalized spacial score (nSPS) is 15.8. The van der Waals surface area contributed by atoms with Crippen molar-refractivity contribution < 1.29 is 27.4 Å². The number of benzene rings is 1. The Kier molecular flexibility index (Phi) is 6.36. The van der Waals surface area contributed by atoms with Crippen molar-refractivity contribution in [1.82, 2.24) is 15.6 Å². The predicted molar refractivity (Wildman–Crippen MR) is 110 cm³/mol. The quantitative estimate of drug-likeness (QED) is 0.580. The molecule has 170 valence electrons. The molecule has 0 saturated carbocycles. The van der Waals surface area contributed by atoms with Crippen molar-refractivity contribution in [2.24, 2.45) is 5.41 Å². The third-order valence-electron chi connectivity index (χ3n) is 5.80. The number of hydrogen-bond acceptors (Lipinski definition) is 6. The lowest BCUT2D eigenvalue weighted by Crippen LogP contribution is -2.45. The van der Waals surface area contributed by atoms with Gasteiger partial charge in [-0.3, -0.25) is 4.79 Å². The molecule has 1 saturated heterocycles. The third-order valence-corrected chi connectivity index (χ3v) is 5.80. The van der Waals surface area contributed by atoms with Crippen molar-refractivity contribution in [2.45, 2.75) is 45.6 Å². The molecule has 9 heteroatoms. The largest absolute Gasteiger partial charge is 0.381 e. The Bertz CT molecular complexity index is 1090. The van der Waals surface area contributed by atoms with Crippen molar-refractivity contribution in [3.05, 3.63) is 59.2 Å². The smallest absolute Gasteiger partial charge is 0.227 e. The number of nitrogens with zero attached hydrogens (tertiary/aromatic N) is 2. The lowest BCUT2D eigenvalue weighted by molar-refractivity contribution is -0.137. The molecule has 4 rings (SSSR count). The molecule has 1 amide bonds. The molecule has 32 heavy (non-hydrogen) atoms. The first-order valence-corrected chi connectivity index (χ1v) is 10.6. The molecule has 0 unspecified atom stereocenters. The summed E-state index contributed by atoms with van der Waals surface area (Å²) in [5, 5.41) is 10.9. The van der Waals surface area contributed by atoms with Crippen molar-refractivity contribution in [2.75, 3.05) is 13.2 Å². The number of nitrogens with one attached hydrogen (secondary N) is 1. The Balaban J connectivity index is 1.49. The summed E-state index contributed by atoms with van der Waals surface area (Å²) < 4.78 is 43.5. The van der Waals surface area contributed by atoms with Crippen molar-refractivity contribution in [1.29, 1.82) is 0 Å². The van der Waals surface area contributed by atoms with Crippen LogP contribution in [0.15, 0.2) is 39.4 Å². The van der Waals surface area contributed by atoms with Gasteiger partial charge in [-0.25, -0.2) is 8.78 Å². The molecule has 1 N–H and O–H groups in total. The number of aromatic nitrogens is 2. The van der Waals surface area contributed by atoms with Crippen LogP contribution in [0.2, 0.25) is 0 Å². The van der Waals surface area contributed by atoms with Gasteiger partial charge in [-0.05, 0) is 30.9 Å². The monoisotopic (exact) mass is 445 g/mol. The minimum atomic E-state index is -0.753. The van der Waals surface area contributed by atoms with Gasteiger partial charge in [0, 0.05) is 43.4 Å². The maximum Gasteiger partial charge on any atom is 0.227 e. The maximum absolute atomic E-state index is 14.1. The summed E-state index contributed by atoms with van der Waals surface area (Å²) in [6, 6.07) is 6.69. The minimum absolute atomic E-state index is 0.137. The molecule has 1 aliphatic heterocycles. The van der Waals surface area contributed by atoms with Gasteiger partial charge in [-0.2, -0.15) is 0 Å². The number of carbonyl (C=O) groups excluding carboxylic acids is 1. The molecule has 0 radical (unpaired) electrons. The van der Waals surface area contributed by atoms with Gasteiger partial charge in [0.2, 0.25) is 5.91 Å². The predicted octanol–water partition coefficient (Wildman–Crippen LogP) is 4.39. The van der Waals surface area contributed by atoms with Crippen molar-refractivity contribution >= 4 is 5.91 Å². The zero-order valence-electron chi connectivity index (χ0n) is 18.0. The van der Waals surface area contributed by atoms with E-state index in [9.17, 15) is 13.6 Å². The molecule has 3 aromatic rings. The van der Waals surface area contributed by atoms with E-state index in [1.807, 2.05) is 19.9 Å². The number of hydrogen-bond donors (Lipinski definition) is 1. The SMILES string of the molecule is CC(C)c1cc(CNC(=O)C2(Cc3cc(-c4ccc(F)cc4F)no3)CCOCC2)on1. The molecule has 1 aromatic carbocycles. The van der Waals surface area contributed by atoms with Gasteiger partial charge in [-0.15, -0.1) is 0 Å². The van der Waals surface area contributed by atoms with E-state index in [4.69, 9.17) is 13.8 Å². The number of halogens is 2. The highest BCUT2D eigenvalue weighted by Gasteiger charge is 2.41. The van der Waals surface area contributed by atoms with E-state index in [-0.39, 0.29) is 36.0 Å². The first-order chi connectivity index (χ1) is 15.4. The van der Waals surface area contributed by atoms with Crippen LogP contribution < -0.4 is 5.32 Å². The van der Waals surface area contributed by atoms with E-state index in [2.05, 4.69) is 15.6 Å². The first kappa shape index (κ1) is 22.1. The zero-order valence-corrected chi connectivity index (χ0v) is 18.0. The highest BCUT2D eigenvalue weighted by molar-refractivity contribution is 5.83. The van der Waals surface area contributed by atoms with Gasteiger partial charge in [0.25, 0.3) is 0 Å². The summed E-state index contributed by atoms with van der Waals surface area (Å²) in [6.07, 6.45) is 1.30. The van der Waals surface area contributed by atoms with Crippen LogP contribution in [0.25, 0.3) is 11.3 Å². The van der Waals surface area contributed by atoms with Crippen LogP contribution in [0.3, 0.4) is 0 Å². The fourth-order valence-corrected chi connectivity index (χ4v) is 3.84. The average Bonchev–Trinajstić information content (AvgIpc) is 3.42. The average molecular weight is 445 g/mol. The summed E-state index contributed by atoms with van der Waals surface area (Å²) >= 11 is 0. The lowest BCUT2D eigenvalue weighted by atomic mass is 9.75. The molecule has 1 aliphatic rings. The molecule has 0 atom stereocenters. The Labute approximate surface area is 184 Å². The molecule has 0 bridgehead atoms. The molecular formula is C23H25F2N3O4. The summed E-state index contributed by atoms with van der Waals surface area (Å²) in [6.45, 7) is 5.15. The van der Waals surface area contributed by atoms with Crippen LogP contribution in [0.5, 0.6) is 0 Å². The number of amides is 1. The van der Waals surface area contributed by atoms with Gasteiger partial charge >= 0.3 is 0 Å². The van der Waals surface area contributed by atoms with Crippen LogP contribution >= 0.6 is 0 Å². The highest BCUT2D eigenvalue weighted by Crippen LogP contribution is 2.36. The Morgan fingerprint density at radius 3 is 2.53 bits per heavy atom. The second-order valence-electron chi connectivity index (χ2n) is 8.43. The fourth-order valence-electron chi connectivity index (χ4n) is 3.84. The topological polar surface area (TPSA) is 90.4 Å². The van der Waals surface area contributed by atoms with Gasteiger partial charge < -0.3 is 19.1 Å². The van der Waals surface area contributed by atoms with E-state index >= 15 is 0 Å². The van der Waals surface area contributed by atoms with E-state index in [0.29, 0.717) is 37.6 Å². The Morgan fingerprint density at radius 2 is 1.84 bits per heavy atom. The molecule has 0 aliphatic carbocycles. The van der Waals surface area contributed by atoms with Gasteiger partial charge in [-0.1, -0.05) is 24.2 Å². The lowest BCUT2D eigenvalue weighted by Gasteiger charge is -2.34. The van der Waals surface area contributed by atoms with E-state index < -0.39 is 17.0 Å². The van der Waals surface area contributed by atoms with Crippen LogP contribution in [-0.2, 0) is 22.5 Å². The highest BCUT2D eigenvalue weighted by atomic mass is 19.1. The van der Waals surface area contributed by atoms with Crippen LogP contribution in [0, 0.1) is 17.0 Å². The van der Waals surface area contributed by atoms with Crippen LogP contribution in [0.1, 0.15) is 49.8 Å². The third kappa shape index (κ3) is 4.72. The Hall–Kier alpha value is -3.07. The van der Waals surface area contributed by atoms with Gasteiger partial charge in [0.1, 0.15) is 23.1 Å². The summed E-state index contributed by atoms with van der Waals surface area (Å²) in [5.74, 6) is -0.275. The van der Waals surface area contributed by atoms with E-state index in [0.717, 1.165) is 17.8 Å². The second kappa shape index (κ2) is 9.20. The Morgan fingerprint density at radius 1 is 1.09 bits per heavy atom. The zero-order chi connectivity index (χ0) is 22.7. The molecular weight excluding hydrogens is 420 g/mol. The number of rotatable bonds is 7. The van der Waals surface area contributed by atoms with Crippen molar-refractivity contribution in [3.63, 3.8) is 0 Å². The standard InChI is InChI=1S/C23H25F2N3O4/c1-14(2)20-11-17(32-27-20)13-26-22(29)23(5-7-30-8-6-23)12-16-10-21(28-31-16)18-4-3-15(24)9-19(18)25/h3-4,9-11,14H,5-8,12-13H2,1-2H3,(H,26,29). The number of ether oxygens (including phenoxy) is 1. The van der Waals surface area contributed by atoms with Crippen molar-refractivity contribution in [3.8, 4) is 11.3 Å². The first-order valence-electron chi connectivity index (χ1n) is 10.6. The summed E-state index contributed by atoms with van der Waals surface area (Å²) in [4.78, 5) is 13.2. The molecule has 3 heterocycles. The minimum Gasteiger partial charge on any atom is -0.381 e. The fraction of sp³-hybridized carbons (Fsp3) is 0.435. The van der Waals surface area contributed by atoms with Crippen LogP contribution in [-0.4, -0.2) is 29.4 Å². The molecule has 1 fully saturated rings. The van der Waals surface area contributed by atoms with Gasteiger partial charge in [0.15, 0.2) is 5.76 Å². The van der Waals surface area contributed by atoms with Gasteiger partial charge in [0.05, 0.1) is 17.7 Å². The molecule has 2 aromatic heterocycles. The maximum atomic E-state index is 14.1. The van der Waals surface area contributed by atoms with Crippen LogP contribution in [0.4, 0.5) is 8.78 Å². The van der Waals surface area contributed by atoms with E-state index in [1.54, 1.807) is 6.07 Å². The second-order valence-corrected chi connectivity index (χ2v) is 8.43. The summed E-state index contributed by atoms with van der Waals surface area (Å²) in [5.41, 5.74) is 0.468. The summed E-state index contributed by atoms with van der Waals surface area (Å²) in [7, 11) is 0.